The van der Waals surface area contributed by atoms with Gasteiger partial charge in [-0.2, -0.15) is 0 Å². The fourth-order valence-electron chi connectivity index (χ4n) is 4.38. The Morgan fingerprint density at radius 2 is 1.81 bits per heavy atom. The van der Waals surface area contributed by atoms with Gasteiger partial charge >= 0.3 is 5.97 Å². The third kappa shape index (κ3) is 4.39. The van der Waals surface area contributed by atoms with Gasteiger partial charge in [-0.05, 0) is 55.5 Å². The van der Waals surface area contributed by atoms with Gasteiger partial charge in [0.25, 0.3) is 5.91 Å². The maximum absolute atomic E-state index is 12.9. The minimum absolute atomic E-state index is 0.150. The van der Waals surface area contributed by atoms with Gasteiger partial charge in [0.1, 0.15) is 0 Å². The van der Waals surface area contributed by atoms with Crippen molar-refractivity contribution in [3.05, 3.63) is 59.1 Å². The van der Waals surface area contributed by atoms with Crippen molar-refractivity contribution in [1.29, 1.82) is 0 Å². The van der Waals surface area contributed by atoms with E-state index < -0.39 is 18.5 Å². The summed E-state index contributed by atoms with van der Waals surface area (Å²) in [6.07, 6.45) is 2.33. The van der Waals surface area contributed by atoms with Crippen LogP contribution >= 0.6 is 11.6 Å². The first-order valence-corrected chi connectivity index (χ1v) is 10.9. The summed E-state index contributed by atoms with van der Waals surface area (Å²) in [6.45, 7) is 1.59. The summed E-state index contributed by atoms with van der Waals surface area (Å²) < 4.78 is 5.10. The van der Waals surface area contributed by atoms with Gasteiger partial charge in [-0.1, -0.05) is 36.7 Å². The van der Waals surface area contributed by atoms with Gasteiger partial charge in [-0.25, -0.2) is 4.79 Å². The number of para-hydroxylation sites is 1. The number of nitrogens with one attached hydrogen (secondary N) is 1. The second-order valence-corrected chi connectivity index (χ2v) is 8.70. The molecule has 0 radical (unpaired) electrons. The van der Waals surface area contributed by atoms with Crippen LogP contribution in [0.15, 0.2) is 48.5 Å². The predicted octanol–water partition coefficient (Wildman–Crippen LogP) is 4.06. The first-order valence-electron chi connectivity index (χ1n) is 10.5. The lowest BCUT2D eigenvalue weighted by atomic mass is 9.76. The molecular formula is C24H23ClN2O5. The van der Waals surface area contributed by atoms with Crippen LogP contribution in [-0.2, 0) is 19.1 Å². The van der Waals surface area contributed by atoms with E-state index in [0.29, 0.717) is 35.2 Å². The van der Waals surface area contributed by atoms with E-state index in [0.717, 1.165) is 6.42 Å². The van der Waals surface area contributed by atoms with E-state index in [1.165, 1.54) is 17.0 Å². The van der Waals surface area contributed by atoms with Crippen molar-refractivity contribution in [2.24, 2.45) is 17.8 Å². The number of anilines is 2. The van der Waals surface area contributed by atoms with Crippen LogP contribution in [0.25, 0.3) is 0 Å². The van der Waals surface area contributed by atoms with E-state index >= 15 is 0 Å². The van der Waals surface area contributed by atoms with Crippen LogP contribution in [0.3, 0.4) is 0 Å². The lowest BCUT2D eigenvalue weighted by Crippen LogP contribution is -2.31. The Balaban J connectivity index is 1.42. The maximum Gasteiger partial charge on any atom is 0.338 e. The molecule has 0 spiro atoms. The van der Waals surface area contributed by atoms with Crippen LogP contribution in [0.1, 0.15) is 36.5 Å². The quantitative estimate of drug-likeness (QED) is 0.543. The Bertz CT molecular complexity index is 1090. The average Bonchev–Trinajstić information content (AvgIpc) is 3.03. The zero-order chi connectivity index (χ0) is 22.8. The fourth-order valence-corrected chi connectivity index (χ4v) is 4.56. The predicted molar refractivity (Wildman–Crippen MR) is 119 cm³/mol. The molecule has 4 rings (SSSR count). The molecule has 3 atom stereocenters. The summed E-state index contributed by atoms with van der Waals surface area (Å²) in [4.78, 5) is 51.6. The standard InChI is InChI=1S/C24H23ClN2O5/c1-14-9-10-17-18(11-14)23(30)27(22(17)29)16-6-4-5-15(12-16)24(31)32-13-21(28)26-20-8-3-2-7-19(20)25/h2-8,12,14,17-18H,9-11,13H2,1H3,(H,26,28)/t14-,17-,18+/m1/s1. The molecule has 0 bridgehead atoms. The monoisotopic (exact) mass is 454 g/mol. The lowest BCUT2D eigenvalue weighted by Gasteiger charge is -2.25. The molecule has 3 amide bonds. The highest BCUT2D eigenvalue weighted by atomic mass is 35.5. The number of hydrogen-bond acceptors (Lipinski definition) is 5. The first kappa shape index (κ1) is 22.0. The van der Waals surface area contributed by atoms with Crippen molar-refractivity contribution in [3.63, 3.8) is 0 Å². The summed E-state index contributed by atoms with van der Waals surface area (Å²) in [7, 11) is 0. The van der Waals surface area contributed by atoms with Crippen LogP contribution in [0.5, 0.6) is 0 Å². The molecule has 32 heavy (non-hydrogen) atoms. The van der Waals surface area contributed by atoms with E-state index in [1.807, 2.05) is 0 Å². The van der Waals surface area contributed by atoms with Gasteiger partial charge in [0.05, 0.1) is 33.8 Å². The van der Waals surface area contributed by atoms with E-state index in [-0.39, 0.29) is 29.2 Å². The lowest BCUT2D eigenvalue weighted by molar-refractivity contribution is -0.122. The summed E-state index contributed by atoms with van der Waals surface area (Å²) in [6, 6.07) is 12.9. The summed E-state index contributed by atoms with van der Waals surface area (Å²) in [5.74, 6) is -1.87. The van der Waals surface area contributed by atoms with E-state index in [1.54, 1.807) is 36.4 Å². The molecule has 7 nitrogen and oxygen atoms in total. The Kier molecular flexibility index (Phi) is 6.28. The molecular weight excluding hydrogens is 432 g/mol. The van der Waals surface area contributed by atoms with Crippen molar-refractivity contribution in [2.45, 2.75) is 26.2 Å². The van der Waals surface area contributed by atoms with Crippen molar-refractivity contribution >= 4 is 46.7 Å². The summed E-state index contributed by atoms with van der Waals surface area (Å²) in [5.41, 5.74) is 0.910. The first-order chi connectivity index (χ1) is 15.3. The molecule has 2 aliphatic rings. The molecule has 1 heterocycles. The number of amides is 3. The Morgan fingerprint density at radius 1 is 1.06 bits per heavy atom. The smallest absolute Gasteiger partial charge is 0.338 e. The van der Waals surface area contributed by atoms with Crippen LogP contribution in [-0.4, -0.2) is 30.3 Å². The van der Waals surface area contributed by atoms with E-state index in [4.69, 9.17) is 16.3 Å². The number of halogens is 1. The minimum atomic E-state index is -0.730. The van der Waals surface area contributed by atoms with E-state index in [9.17, 15) is 19.2 Å². The number of ether oxygens (including phenoxy) is 1. The zero-order valence-corrected chi connectivity index (χ0v) is 18.3. The number of benzene rings is 2. The molecule has 166 valence electrons. The number of carbonyl (C=O) groups excluding carboxylic acids is 4. The number of fused-ring (bicyclic) bond motifs is 1. The molecule has 2 fully saturated rings. The minimum Gasteiger partial charge on any atom is -0.452 e. The molecule has 1 saturated carbocycles. The normalized spacial score (nSPS) is 22.4. The fraction of sp³-hybridized carbons (Fsp3) is 0.333. The van der Waals surface area contributed by atoms with Crippen molar-refractivity contribution in [2.75, 3.05) is 16.8 Å². The third-order valence-corrected chi connectivity index (χ3v) is 6.34. The topological polar surface area (TPSA) is 92.8 Å². The maximum atomic E-state index is 12.9. The number of nitrogens with zero attached hydrogens (tertiary/aromatic N) is 1. The molecule has 0 unspecified atom stereocenters. The van der Waals surface area contributed by atoms with Gasteiger partial charge < -0.3 is 10.1 Å². The summed E-state index contributed by atoms with van der Waals surface area (Å²) >= 11 is 6.00. The van der Waals surface area contributed by atoms with E-state index in [2.05, 4.69) is 12.2 Å². The van der Waals surface area contributed by atoms with Gasteiger partial charge in [0.15, 0.2) is 6.61 Å². The van der Waals surface area contributed by atoms with Crippen molar-refractivity contribution in [3.8, 4) is 0 Å². The molecule has 1 aliphatic heterocycles. The largest absolute Gasteiger partial charge is 0.452 e. The second-order valence-electron chi connectivity index (χ2n) is 8.30. The number of rotatable bonds is 5. The van der Waals surface area contributed by atoms with Gasteiger partial charge in [-0.3, -0.25) is 19.3 Å². The SMILES string of the molecule is C[C@@H]1CC[C@H]2C(=O)N(c3cccc(C(=O)OCC(=O)Nc4ccccc4Cl)c3)C(=O)[C@H]2C1. The van der Waals surface area contributed by atoms with Crippen LogP contribution in [0.2, 0.25) is 5.02 Å². The molecule has 1 saturated heterocycles. The molecule has 2 aromatic carbocycles. The van der Waals surface area contributed by atoms with Crippen molar-refractivity contribution in [1.82, 2.24) is 0 Å². The van der Waals surface area contributed by atoms with Crippen LogP contribution < -0.4 is 10.2 Å². The molecule has 1 aliphatic carbocycles. The number of carbonyl (C=O) groups is 4. The van der Waals surface area contributed by atoms with Gasteiger partial charge in [-0.15, -0.1) is 0 Å². The Morgan fingerprint density at radius 3 is 2.59 bits per heavy atom. The van der Waals surface area contributed by atoms with Gasteiger partial charge in [0, 0.05) is 0 Å². The Labute approximate surface area is 190 Å². The molecule has 2 aromatic rings. The average molecular weight is 455 g/mol. The number of esters is 1. The second kappa shape index (κ2) is 9.12. The van der Waals surface area contributed by atoms with Gasteiger partial charge in [0.2, 0.25) is 11.8 Å². The highest BCUT2D eigenvalue weighted by Gasteiger charge is 2.50. The highest BCUT2D eigenvalue weighted by molar-refractivity contribution is 6.33. The zero-order valence-electron chi connectivity index (χ0n) is 17.5. The Hall–Kier alpha value is -3.19. The molecule has 8 heteroatoms. The van der Waals surface area contributed by atoms with Crippen LogP contribution in [0, 0.1) is 17.8 Å². The molecule has 0 aromatic heterocycles. The van der Waals surface area contributed by atoms with Crippen LogP contribution in [0.4, 0.5) is 11.4 Å². The number of hydrogen-bond donors (Lipinski definition) is 1. The highest BCUT2D eigenvalue weighted by Crippen LogP contribution is 2.42. The number of imide groups is 1. The van der Waals surface area contributed by atoms with Crippen molar-refractivity contribution < 1.29 is 23.9 Å². The summed E-state index contributed by atoms with van der Waals surface area (Å²) in [5, 5.41) is 2.94. The molecule has 1 N–H and O–H groups in total. The third-order valence-electron chi connectivity index (χ3n) is 6.01.